The minimum Gasteiger partial charge on any atom is -0.402 e. The first-order valence-electron chi connectivity index (χ1n) is 8.37. The smallest absolute Gasteiger partial charge is 0.274 e. The van der Waals surface area contributed by atoms with Crippen molar-refractivity contribution in [3.05, 3.63) is 65.0 Å². The molecule has 0 saturated carbocycles. The lowest BCUT2D eigenvalue weighted by atomic mass is 10.1. The van der Waals surface area contributed by atoms with Crippen LogP contribution in [0.3, 0.4) is 0 Å². The summed E-state index contributed by atoms with van der Waals surface area (Å²) in [7, 11) is 0. The number of aryl methyl sites for hydroxylation is 1. The second kappa shape index (κ2) is 9.21. The number of hydrogen-bond acceptors (Lipinski definition) is 7. The molecule has 1 aromatic rings. The fourth-order valence-electron chi connectivity index (χ4n) is 2.36. The van der Waals surface area contributed by atoms with Gasteiger partial charge in [-0.25, -0.2) is 0 Å². The number of carbonyl (C=O) groups is 3. The molecule has 148 valence electrons. The lowest BCUT2D eigenvalue weighted by molar-refractivity contribution is -0.126. The first-order valence-corrected chi connectivity index (χ1v) is 8.37. The van der Waals surface area contributed by atoms with Crippen molar-refractivity contribution in [3.8, 4) is 0 Å². The molecule has 10 nitrogen and oxygen atoms in total. The van der Waals surface area contributed by atoms with Gasteiger partial charge in [-0.3, -0.25) is 14.4 Å². The van der Waals surface area contributed by atoms with Gasteiger partial charge in [0.05, 0.1) is 6.42 Å². The van der Waals surface area contributed by atoms with Crippen LogP contribution in [0.5, 0.6) is 0 Å². The molecule has 0 unspecified atom stereocenters. The van der Waals surface area contributed by atoms with Gasteiger partial charge in [-0.2, -0.15) is 0 Å². The van der Waals surface area contributed by atoms with Crippen molar-refractivity contribution in [1.82, 2.24) is 15.8 Å². The SMILES string of the molecule is Cc1cc(C(=O)N[C@@H](CC(N)=O)C(=O)NC2=C/C=C\C=C(\N)C/C(N)=C\2)no1. The van der Waals surface area contributed by atoms with Gasteiger partial charge in [0, 0.05) is 29.6 Å². The van der Waals surface area contributed by atoms with Crippen molar-refractivity contribution in [3.63, 3.8) is 0 Å². The third kappa shape index (κ3) is 6.16. The minimum atomic E-state index is -1.21. The molecular weight excluding hydrogens is 364 g/mol. The third-order valence-corrected chi connectivity index (χ3v) is 3.60. The Kier molecular flexibility index (Phi) is 6.74. The molecule has 1 aromatic heterocycles. The molecule has 3 amide bonds. The Morgan fingerprint density at radius 3 is 2.57 bits per heavy atom. The van der Waals surface area contributed by atoms with E-state index in [0.29, 0.717) is 29.3 Å². The van der Waals surface area contributed by atoms with Crippen LogP contribution in [0.25, 0.3) is 0 Å². The number of allylic oxidation sites excluding steroid dienone is 5. The lowest BCUT2D eigenvalue weighted by Gasteiger charge is -2.17. The summed E-state index contributed by atoms with van der Waals surface area (Å²) in [5, 5.41) is 8.61. The van der Waals surface area contributed by atoms with Gasteiger partial charge >= 0.3 is 0 Å². The maximum absolute atomic E-state index is 12.6. The molecule has 0 saturated heterocycles. The van der Waals surface area contributed by atoms with E-state index < -0.39 is 30.2 Å². The molecular formula is C18H22N6O4. The molecule has 0 aliphatic heterocycles. The highest BCUT2D eigenvalue weighted by atomic mass is 16.5. The molecule has 1 aliphatic carbocycles. The number of rotatable bonds is 6. The van der Waals surface area contributed by atoms with E-state index in [1.54, 1.807) is 37.3 Å². The van der Waals surface area contributed by atoms with E-state index in [0.717, 1.165) is 0 Å². The van der Waals surface area contributed by atoms with Gasteiger partial charge in [-0.05, 0) is 25.2 Å². The van der Waals surface area contributed by atoms with Crippen molar-refractivity contribution < 1.29 is 18.9 Å². The van der Waals surface area contributed by atoms with Crippen molar-refractivity contribution in [2.45, 2.75) is 25.8 Å². The average molecular weight is 386 g/mol. The van der Waals surface area contributed by atoms with Gasteiger partial charge in [0.2, 0.25) is 11.8 Å². The van der Waals surface area contributed by atoms with Crippen LogP contribution in [0.1, 0.15) is 29.1 Å². The Labute approximate surface area is 161 Å². The molecule has 8 N–H and O–H groups in total. The van der Waals surface area contributed by atoms with Crippen LogP contribution in [-0.2, 0) is 9.59 Å². The topological polar surface area (TPSA) is 179 Å². The fourth-order valence-corrected chi connectivity index (χ4v) is 2.36. The summed E-state index contributed by atoms with van der Waals surface area (Å²) in [5.74, 6) is -1.64. The van der Waals surface area contributed by atoms with Crippen molar-refractivity contribution in [1.29, 1.82) is 0 Å². The van der Waals surface area contributed by atoms with Crippen LogP contribution >= 0.6 is 0 Å². The van der Waals surface area contributed by atoms with Gasteiger partial charge in [-0.1, -0.05) is 17.3 Å². The zero-order chi connectivity index (χ0) is 20.7. The minimum absolute atomic E-state index is 0.0185. The van der Waals surface area contributed by atoms with Gasteiger partial charge < -0.3 is 32.4 Å². The monoisotopic (exact) mass is 386 g/mol. The summed E-state index contributed by atoms with van der Waals surface area (Å²) >= 11 is 0. The van der Waals surface area contributed by atoms with E-state index in [4.69, 9.17) is 21.7 Å². The van der Waals surface area contributed by atoms with E-state index >= 15 is 0 Å². The number of amides is 3. The average Bonchev–Trinajstić information content (AvgIpc) is 3.05. The van der Waals surface area contributed by atoms with Crippen molar-refractivity contribution in [2.24, 2.45) is 17.2 Å². The highest BCUT2D eigenvalue weighted by molar-refractivity contribution is 5.98. The van der Waals surface area contributed by atoms with E-state index in [1.165, 1.54) is 6.07 Å². The number of aromatic nitrogens is 1. The Morgan fingerprint density at radius 1 is 1.21 bits per heavy atom. The number of carbonyl (C=O) groups excluding carboxylic acids is 3. The highest BCUT2D eigenvalue weighted by Gasteiger charge is 2.25. The quantitative estimate of drug-likeness (QED) is 0.441. The molecule has 0 aromatic carbocycles. The Hall–Kier alpha value is -3.82. The van der Waals surface area contributed by atoms with Crippen molar-refractivity contribution in [2.75, 3.05) is 0 Å². The zero-order valence-corrected chi connectivity index (χ0v) is 15.3. The van der Waals surface area contributed by atoms with Crippen molar-refractivity contribution >= 4 is 17.7 Å². The first-order chi connectivity index (χ1) is 13.2. The number of primary amides is 1. The summed E-state index contributed by atoms with van der Waals surface area (Å²) in [6.45, 7) is 1.62. The zero-order valence-electron chi connectivity index (χ0n) is 15.3. The molecule has 1 heterocycles. The Balaban J connectivity index is 2.14. The Bertz CT molecular complexity index is 894. The summed E-state index contributed by atoms with van der Waals surface area (Å²) in [5.41, 5.74) is 18.2. The molecule has 0 spiro atoms. The summed E-state index contributed by atoms with van der Waals surface area (Å²) in [6, 6.07) is 0.193. The fraction of sp³-hybridized carbons (Fsp3) is 0.222. The molecule has 2 rings (SSSR count). The first kappa shape index (κ1) is 20.5. The van der Waals surface area contributed by atoms with E-state index in [1.807, 2.05) is 0 Å². The van der Waals surface area contributed by atoms with Gasteiger partial charge in [0.15, 0.2) is 5.69 Å². The van der Waals surface area contributed by atoms with Gasteiger partial charge in [-0.15, -0.1) is 0 Å². The van der Waals surface area contributed by atoms with Crippen LogP contribution in [0.2, 0.25) is 0 Å². The van der Waals surface area contributed by atoms with Crippen LogP contribution in [-0.4, -0.2) is 28.9 Å². The molecule has 0 radical (unpaired) electrons. The van der Waals surface area contributed by atoms with E-state index in [-0.39, 0.29) is 5.69 Å². The molecule has 1 atom stereocenters. The molecule has 1 aliphatic rings. The number of nitrogens with zero attached hydrogens (tertiary/aromatic N) is 1. The number of nitrogens with two attached hydrogens (primary N) is 3. The largest absolute Gasteiger partial charge is 0.402 e. The molecule has 0 bridgehead atoms. The van der Waals surface area contributed by atoms with Crippen LogP contribution in [0.4, 0.5) is 0 Å². The third-order valence-electron chi connectivity index (χ3n) is 3.60. The second-order valence-electron chi connectivity index (χ2n) is 6.15. The molecule has 0 fully saturated rings. The number of nitrogens with one attached hydrogen (secondary N) is 2. The molecule has 28 heavy (non-hydrogen) atoms. The second-order valence-corrected chi connectivity index (χ2v) is 6.15. The highest BCUT2D eigenvalue weighted by Crippen LogP contribution is 2.08. The summed E-state index contributed by atoms with van der Waals surface area (Å²) in [6.07, 6.45) is 8.12. The standard InChI is InChI=1S/C18H22N6O4/c1-10-6-15(24-28-10)18(27)23-14(9-16(21)25)17(26)22-13-5-3-2-4-11(19)7-12(20)8-13/h2-6,8,14H,7,9,19-20H2,1H3,(H2,21,25)(H,22,26)(H,23,27)/b3-2-,11-4+,12-8+,13-5+/t14-/m0/s1. The maximum Gasteiger partial charge on any atom is 0.274 e. The van der Waals surface area contributed by atoms with Gasteiger partial charge in [0.1, 0.15) is 11.8 Å². The van der Waals surface area contributed by atoms with Gasteiger partial charge in [0.25, 0.3) is 5.91 Å². The Morgan fingerprint density at radius 2 is 1.93 bits per heavy atom. The van der Waals surface area contributed by atoms with E-state index in [2.05, 4.69) is 15.8 Å². The molecule has 10 heteroatoms. The van der Waals surface area contributed by atoms with Crippen LogP contribution < -0.4 is 27.8 Å². The van der Waals surface area contributed by atoms with Crippen LogP contribution in [0.15, 0.2) is 58.1 Å². The maximum atomic E-state index is 12.6. The predicted molar refractivity (Wildman–Crippen MR) is 101 cm³/mol. The van der Waals surface area contributed by atoms with Crippen LogP contribution in [0, 0.1) is 6.92 Å². The lowest BCUT2D eigenvalue weighted by Crippen LogP contribution is -2.48. The van der Waals surface area contributed by atoms with E-state index in [9.17, 15) is 14.4 Å². The number of hydrogen-bond donors (Lipinski definition) is 5. The summed E-state index contributed by atoms with van der Waals surface area (Å²) in [4.78, 5) is 36.2. The normalized spacial score (nSPS) is 21.8. The predicted octanol–water partition coefficient (Wildman–Crippen LogP) is -0.398. The summed E-state index contributed by atoms with van der Waals surface area (Å²) < 4.78 is 4.83.